The molecule has 6 heteroatoms. The van der Waals surface area contributed by atoms with Crippen molar-refractivity contribution in [3.8, 4) is 0 Å². The molecule has 96 valence electrons. The van der Waals surface area contributed by atoms with Gasteiger partial charge in [0.25, 0.3) is 0 Å². The number of anilines is 1. The first-order chi connectivity index (χ1) is 8.83. The van der Waals surface area contributed by atoms with Gasteiger partial charge >= 0.3 is 0 Å². The smallest absolute Gasteiger partial charge is 0.230 e. The van der Waals surface area contributed by atoms with E-state index in [-0.39, 0.29) is 17.9 Å². The maximum atomic E-state index is 12.1. The van der Waals surface area contributed by atoms with Crippen LogP contribution in [0.3, 0.4) is 0 Å². The van der Waals surface area contributed by atoms with Gasteiger partial charge in [0.15, 0.2) is 5.82 Å². The number of hydrogen-bond acceptors (Lipinski definition) is 5. The minimum atomic E-state index is -0.0636. The lowest BCUT2D eigenvalue weighted by Gasteiger charge is -2.30. The number of hydrogen-bond donors (Lipinski definition) is 2. The Labute approximate surface area is 105 Å². The van der Waals surface area contributed by atoms with Crippen molar-refractivity contribution in [3.05, 3.63) is 18.6 Å². The van der Waals surface area contributed by atoms with Gasteiger partial charge in [0.1, 0.15) is 0 Å². The first kappa shape index (κ1) is 11.6. The van der Waals surface area contributed by atoms with Crippen molar-refractivity contribution in [1.29, 1.82) is 0 Å². The Bertz CT molecular complexity index is 425. The number of carbonyl (C=O) groups excluding carboxylic acids is 1. The molecule has 3 heterocycles. The predicted octanol–water partition coefficient (Wildman–Crippen LogP) is 0.182. The lowest BCUT2D eigenvalue weighted by Crippen LogP contribution is -2.49. The van der Waals surface area contributed by atoms with Crippen LogP contribution in [-0.4, -0.2) is 41.2 Å². The molecular weight excluding hydrogens is 232 g/mol. The summed E-state index contributed by atoms with van der Waals surface area (Å²) in [5.74, 6) is 0.417. The maximum absolute atomic E-state index is 12.1. The van der Waals surface area contributed by atoms with Gasteiger partial charge in [-0.1, -0.05) is 0 Å². The molecule has 0 spiro atoms. The van der Waals surface area contributed by atoms with Crippen molar-refractivity contribution in [2.75, 3.05) is 18.5 Å². The Balaban J connectivity index is 1.60. The molecule has 3 rings (SSSR count). The zero-order valence-corrected chi connectivity index (χ0v) is 10.0. The molecule has 2 aliphatic rings. The Hall–Kier alpha value is -1.53. The highest BCUT2D eigenvalue weighted by Crippen LogP contribution is 2.25. The van der Waals surface area contributed by atoms with E-state index >= 15 is 0 Å². The summed E-state index contributed by atoms with van der Waals surface area (Å²) in [6.07, 6.45) is 6.69. The Morgan fingerprint density at radius 1 is 1.50 bits per heavy atom. The van der Waals surface area contributed by atoms with Crippen LogP contribution in [0.15, 0.2) is 18.6 Å². The second-order valence-electron chi connectivity index (χ2n) is 4.73. The third-order valence-corrected chi connectivity index (χ3v) is 3.54. The van der Waals surface area contributed by atoms with Crippen molar-refractivity contribution in [3.63, 3.8) is 0 Å². The van der Waals surface area contributed by atoms with Crippen molar-refractivity contribution in [2.24, 2.45) is 5.92 Å². The highest BCUT2D eigenvalue weighted by atomic mass is 16.5. The molecule has 2 N–H and O–H groups in total. The van der Waals surface area contributed by atoms with E-state index in [2.05, 4.69) is 20.6 Å². The second-order valence-corrected chi connectivity index (χ2v) is 4.73. The number of fused-ring (bicyclic) bond motifs is 1. The molecular formula is C12H16N4O2. The molecule has 0 unspecified atom stereocenters. The van der Waals surface area contributed by atoms with Gasteiger partial charge < -0.3 is 15.4 Å². The Morgan fingerprint density at radius 3 is 3.28 bits per heavy atom. The maximum Gasteiger partial charge on any atom is 0.230 e. The van der Waals surface area contributed by atoms with Crippen molar-refractivity contribution < 1.29 is 9.53 Å². The normalized spacial score (nSPS) is 30.8. The van der Waals surface area contributed by atoms with E-state index < -0.39 is 0 Å². The molecule has 18 heavy (non-hydrogen) atoms. The summed E-state index contributed by atoms with van der Waals surface area (Å²) >= 11 is 0. The number of aromatic nitrogens is 2. The summed E-state index contributed by atoms with van der Waals surface area (Å²) in [7, 11) is 0. The molecule has 1 aromatic rings. The van der Waals surface area contributed by atoms with Crippen LogP contribution in [0.5, 0.6) is 0 Å². The van der Waals surface area contributed by atoms with Gasteiger partial charge in [0.2, 0.25) is 5.91 Å². The summed E-state index contributed by atoms with van der Waals surface area (Å²) in [5, 5.41) is 6.16. The zero-order chi connectivity index (χ0) is 12.4. The van der Waals surface area contributed by atoms with Gasteiger partial charge in [-0.2, -0.15) is 0 Å². The summed E-state index contributed by atoms with van der Waals surface area (Å²) in [6.45, 7) is 1.50. The number of amides is 1. The number of piperidine rings is 1. The number of nitrogens with one attached hydrogen (secondary N) is 2. The van der Waals surface area contributed by atoms with E-state index in [1.807, 2.05) is 0 Å². The van der Waals surface area contributed by atoms with Gasteiger partial charge in [-0.3, -0.25) is 9.78 Å². The zero-order valence-electron chi connectivity index (χ0n) is 10.0. The highest BCUT2D eigenvalue weighted by molar-refractivity contribution is 5.91. The first-order valence-corrected chi connectivity index (χ1v) is 6.25. The lowest BCUT2D eigenvalue weighted by molar-refractivity contribution is -0.121. The van der Waals surface area contributed by atoms with Crippen LogP contribution in [0, 0.1) is 5.92 Å². The number of rotatable bonds is 2. The molecule has 2 aliphatic heterocycles. The molecule has 2 saturated heterocycles. The Kier molecular flexibility index (Phi) is 3.21. The molecule has 0 aliphatic carbocycles. The standard InChI is InChI=1S/C12H16N4O2/c17-12(16-11-7-13-2-3-14-11)8-5-10-9(15-6-8)1-4-18-10/h2-3,7-10,15H,1,4-6H2,(H,14,16,17)/t8-,9+,10+/m0/s1. The minimum absolute atomic E-state index is 0.0167. The van der Waals surface area contributed by atoms with E-state index in [0.717, 1.165) is 19.4 Å². The minimum Gasteiger partial charge on any atom is -0.377 e. The van der Waals surface area contributed by atoms with Gasteiger partial charge in [0, 0.05) is 31.6 Å². The average Bonchev–Trinajstić information content (AvgIpc) is 2.87. The number of ether oxygens (including phenoxy) is 1. The summed E-state index contributed by atoms with van der Waals surface area (Å²) in [5.41, 5.74) is 0. The van der Waals surface area contributed by atoms with Crippen molar-refractivity contribution in [1.82, 2.24) is 15.3 Å². The second kappa shape index (κ2) is 4.99. The molecule has 3 atom stereocenters. The average molecular weight is 248 g/mol. The van der Waals surface area contributed by atoms with Crippen LogP contribution < -0.4 is 10.6 Å². The molecule has 0 aromatic carbocycles. The van der Waals surface area contributed by atoms with Gasteiger partial charge in [0.05, 0.1) is 18.2 Å². The molecule has 0 saturated carbocycles. The fourth-order valence-electron chi connectivity index (χ4n) is 2.56. The van der Waals surface area contributed by atoms with Gasteiger partial charge in [-0.05, 0) is 12.8 Å². The van der Waals surface area contributed by atoms with Crippen molar-refractivity contribution >= 4 is 11.7 Å². The quantitative estimate of drug-likeness (QED) is 0.781. The summed E-state index contributed by atoms with van der Waals surface area (Å²) < 4.78 is 5.62. The number of carbonyl (C=O) groups is 1. The van der Waals surface area contributed by atoms with Gasteiger partial charge in [-0.25, -0.2) is 4.98 Å². The summed E-state index contributed by atoms with van der Waals surface area (Å²) in [6, 6.07) is 0.422. The molecule has 0 radical (unpaired) electrons. The molecule has 2 fully saturated rings. The van der Waals surface area contributed by atoms with Gasteiger partial charge in [-0.15, -0.1) is 0 Å². The van der Waals surface area contributed by atoms with E-state index in [1.165, 1.54) is 0 Å². The van der Waals surface area contributed by atoms with E-state index in [1.54, 1.807) is 18.6 Å². The van der Waals surface area contributed by atoms with E-state index in [9.17, 15) is 4.79 Å². The van der Waals surface area contributed by atoms with Crippen LogP contribution >= 0.6 is 0 Å². The van der Waals surface area contributed by atoms with E-state index in [4.69, 9.17) is 4.74 Å². The van der Waals surface area contributed by atoms with Crippen LogP contribution in [0.4, 0.5) is 5.82 Å². The lowest BCUT2D eigenvalue weighted by atomic mass is 9.91. The van der Waals surface area contributed by atoms with Crippen LogP contribution in [-0.2, 0) is 9.53 Å². The fraction of sp³-hybridized carbons (Fsp3) is 0.583. The molecule has 1 aromatic heterocycles. The highest BCUT2D eigenvalue weighted by Gasteiger charge is 2.37. The number of nitrogens with zero attached hydrogens (tertiary/aromatic N) is 2. The SMILES string of the molecule is O=C(Nc1cnccn1)[C@@H]1CN[C@@H]2CCO[C@@H]2C1. The van der Waals surface area contributed by atoms with Crippen LogP contribution in [0.1, 0.15) is 12.8 Å². The predicted molar refractivity (Wildman–Crippen MR) is 64.9 cm³/mol. The van der Waals surface area contributed by atoms with Crippen LogP contribution in [0.25, 0.3) is 0 Å². The fourth-order valence-corrected chi connectivity index (χ4v) is 2.56. The first-order valence-electron chi connectivity index (χ1n) is 6.25. The summed E-state index contributed by atoms with van der Waals surface area (Å²) in [4.78, 5) is 20.0. The van der Waals surface area contributed by atoms with Crippen molar-refractivity contribution in [2.45, 2.75) is 25.0 Å². The largest absolute Gasteiger partial charge is 0.377 e. The third kappa shape index (κ3) is 2.34. The Morgan fingerprint density at radius 2 is 2.44 bits per heavy atom. The van der Waals surface area contributed by atoms with Crippen LogP contribution in [0.2, 0.25) is 0 Å². The molecule has 1 amide bonds. The molecule has 0 bridgehead atoms. The topological polar surface area (TPSA) is 76.1 Å². The monoisotopic (exact) mass is 248 g/mol. The third-order valence-electron chi connectivity index (χ3n) is 3.54. The van der Waals surface area contributed by atoms with E-state index in [0.29, 0.717) is 18.4 Å². The molecule has 6 nitrogen and oxygen atoms in total.